The van der Waals surface area contributed by atoms with Crippen molar-refractivity contribution in [1.82, 2.24) is 35.2 Å². The summed E-state index contributed by atoms with van der Waals surface area (Å²) < 4.78 is 17.2. The van der Waals surface area contributed by atoms with Gasteiger partial charge in [0, 0.05) is 83.4 Å². The Morgan fingerprint density at radius 1 is 0.731 bits per heavy atom. The summed E-state index contributed by atoms with van der Waals surface area (Å²) in [5.41, 5.74) is 7.48. The number of hydrogen-bond donors (Lipinski definition) is 1. The SMILES string of the molecule is CC(C)(C)OC=O.[C-]#[N+]c1ccc(Cc2ncnc(OC3CC4CCC(C3)N4)c2C)c(Cl)c1.[C-]#[N+]c1ccc(Cc2ncnc(OC3CC4CCC(C3)N4c3ncc(CC)cn3)c2C)c(Cl)c1. The smallest absolute Gasteiger partial charge is 0.293 e. The molecule has 16 heteroatoms. The highest BCUT2D eigenvalue weighted by Crippen LogP contribution is 2.40. The summed E-state index contributed by atoms with van der Waals surface area (Å²) >= 11 is 12.7. The molecule has 5 aromatic rings. The first-order valence-electron chi connectivity index (χ1n) is 23.0. The largest absolute Gasteiger partial charge is 0.474 e. The minimum Gasteiger partial charge on any atom is -0.474 e. The molecule has 67 heavy (non-hydrogen) atoms. The molecule has 4 aliphatic heterocycles. The standard InChI is InChI=1S/C26H27ClN6O.C20H21ClN4O.C5H10O2/c1-4-17-13-29-26(30-14-17)33-20-7-8-21(33)12-22(11-20)34-25-16(2)24(31-15-32-25)9-18-5-6-19(28-3)10-23(18)27;1-12-19(7-13-3-4-14(22-2)10-18(13)21)23-11-24-20(12)26-17-8-15-5-6-16(9-17)25-15;1-5(2,3)7-4-6/h5-6,10,13-15,20-22H,4,7-9,11-12H2,1-2H3;3-4,10-11,15-17,25H,5-9H2,1H3;4H,1-3H3. The number of ether oxygens (including phenoxy) is 3. The predicted molar refractivity (Wildman–Crippen MR) is 259 cm³/mol. The summed E-state index contributed by atoms with van der Waals surface area (Å²) in [6.07, 6.45) is 18.1. The van der Waals surface area contributed by atoms with Crippen LogP contribution in [0.5, 0.6) is 11.8 Å². The van der Waals surface area contributed by atoms with E-state index in [9.17, 15) is 4.79 Å². The molecule has 2 aromatic carbocycles. The van der Waals surface area contributed by atoms with Gasteiger partial charge in [-0.3, -0.25) is 4.79 Å². The third kappa shape index (κ3) is 12.7. The van der Waals surface area contributed by atoms with E-state index in [4.69, 9.17) is 45.8 Å². The highest BCUT2D eigenvalue weighted by Gasteiger charge is 2.43. The second-order valence-electron chi connectivity index (χ2n) is 18.6. The summed E-state index contributed by atoms with van der Waals surface area (Å²) in [6, 6.07) is 12.7. The highest BCUT2D eigenvalue weighted by atomic mass is 35.5. The van der Waals surface area contributed by atoms with Crippen LogP contribution in [0.15, 0.2) is 61.4 Å². The Labute approximate surface area is 403 Å². The molecule has 0 amide bonds. The number of nitrogens with zero attached hydrogens (tertiary/aromatic N) is 9. The topological polar surface area (TPSA) is 146 Å². The van der Waals surface area contributed by atoms with Crippen molar-refractivity contribution in [1.29, 1.82) is 0 Å². The van der Waals surface area contributed by atoms with Gasteiger partial charge in [0.25, 0.3) is 6.47 Å². The van der Waals surface area contributed by atoms with E-state index in [1.54, 1.807) is 36.9 Å². The van der Waals surface area contributed by atoms with Gasteiger partial charge in [-0.05, 0) is 108 Å². The summed E-state index contributed by atoms with van der Waals surface area (Å²) in [4.78, 5) is 45.8. The number of rotatable bonds is 11. The van der Waals surface area contributed by atoms with E-state index in [2.05, 4.69) is 61.5 Å². The van der Waals surface area contributed by atoms with Crippen LogP contribution < -0.4 is 19.7 Å². The molecule has 4 atom stereocenters. The van der Waals surface area contributed by atoms with E-state index in [-0.39, 0.29) is 17.8 Å². The highest BCUT2D eigenvalue weighted by molar-refractivity contribution is 6.32. The van der Waals surface area contributed by atoms with Gasteiger partial charge < -0.3 is 24.4 Å². The number of carbonyl (C=O) groups excluding carboxylic acids is 1. The molecular weight excluding hydrogens is 888 g/mol. The van der Waals surface area contributed by atoms with Crippen molar-refractivity contribution in [3.05, 3.63) is 134 Å². The fraction of sp³-hybridized carbons (Fsp3) is 0.471. The number of benzene rings is 2. The number of fused-ring (bicyclic) bond motifs is 4. The van der Waals surface area contributed by atoms with E-state index in [1.807, 2.05) is 59.1 Å². The average Bonchev–Trinajstić information content (AvgIpc) is 3.79. The number of halogens is 2. The number of piperidine rings is 2. The molecule has 4 saturated heterocycles. The number of hydrogen-bond acceptors (Lipinski definition) is 12. The zero-order valence-electron chi connectivity index (χ0n) is 39.0. The molecular formula is C51H58Cl2N10O4. The summed E-state index contributed by atoms with van der Waals surface area (Å²) in [5, 5.41) is 4.80. The van der Waals surface area contributed by atoms with Crippen LogP contribution in [0.3, 0.4) is 0 Å². The van der Waals surface area contributed by atoms with Crippen molar-refractivity contribution in [2.75, 3.05) is 4.90 Å². The molecule has 4 aliphatic rings. The summed E-state index contributed by atoms with van der Waals surface area (Å²) in [5.74, 6) is 2.15. The van der Waals surface area contributed by atoms with Gasteiger partial charge in [0.1, 0.15) is 30.5 Å². The van der Waals surface area contributed by atoms with Crippen molar-refractivity contribution in [3.8, 4) is 11.8 Å². The lowest BCUT2D eigenvalue weighted by atomic mass is 10.00. The Hall–Kier alpha value is -5.93. The molecule has 0 spiro atoms. The van der Waals surface area contributed by atoms with Gasteiger partial charge in [-0.25, -0.2) is 39.6 Å². The average molecular weight is 946 g/mol. The third-order valence-electron chi connectivity index (χ3n) is 12.7. The Balaban J connectivity index is 0.000000179. The van der Waals surface area contributed by atoms with E-state index < -0.39 is 0 Å². The lowest BCUT2D eigenvalue weighted by molar-refractivity contribution is -0.138. The van der Waals surface area contributed by atoms with Crippen LogP contribution in [0.2, 0.25) is 10.0 Å². The number of anilines is 1. The number of carbonyl (C=O) groups is 1. The monoisotopic (exact) mass is 944 g/mol. The number of aromatic nitrogens is 6. The van der Waals surface area contributed by atoms with Gasteiger partial charge in [0.2, 0.25) is 17.7 Å². The first-order valence-corrected chi connectivity index (χ1v) is 23.7. The van der Waals surface area contributed by atoms with Crippen molar-refractivity contribution in [2.24, 2.45) is 0 Å². The first-order chi connectivity index (χ1) is 32.2. The Morgan fingerprint density at radius 2 is 1.21 bits per heavy atom. The van der Waals surface area contributed by atoms with Crippen LogP contribution in [-0.4, -0.2) is 78.4 Å². The van der Waals surface area contributed by atoms with Gasteiger partial charge in [-0.15, -0.1) is 0 Å². The first kappa shape index (κ1) is 49.0. The van der Waals surface area contributed by atoms with Gasteiger partial charge in [0.15, 0.2) is 11.4 Å². The van der Waals surface area contributed by atoms with Crippen LogP contribution in [0.1, 0.15) is 118 Å². The third-order valence-corrected chi connectivity index (χ3v) is 13.4. The van der Waals surface area contributed by atoms with E-state index in [0.717, 1.165) is 90.1 Å². The molecule has 0 radical (unpaired) electrons. The molecule has 4 unspecified atom stereocenters. The molecule has 9 rings (SSSR count). The molecule has 0 aliphatic carbocycles. The molecule has 0 saturated carbocycles. The van der Waals surface area contributed by atoms with Gasteiger partial charge in [0.05, 0.1) is 24.5 Å². The number of nitrogens with one attached hydrogen (secondary N) is 1. The minimum absolute atomic E-state index is 0.103. The molecule has 350 valence electrons. The van der Waals surface area contributed by atoms with E-state index >= 15 is 0 Å². The maximum Gasteiger partial charge on any atom is 0.293 e. The molecule has 7 heterocycles. The van der Waals surface area contributed by atoms with Crippen LogP contribution in [0, 0.1) is 27.0 Å². The van der Waals surface area contributed by atoms with Crippen LogP contribution in [0.4, 0.5) is 17.3 Å². The zero-order chi connectivity index (χ0) is 47.7. The Kier molecular flexibility index (Phi) is 16.3. The maximum atomic E-state index is 9.60. The second-order valence-corrected chi connectivity index (χ2v) is 19.4. The second kappa shape index (κ2) is 22.2. The summed E-state index contributed by atoms with van der Waals surface area (Å²) in [7, 11) is 0. The Morgan fingerprint density at radius 3 is 1.61 bits per heavy atom. The fourth-order valence-corrected chi connectivity index (χ4v) is 9.65. The predicted octanol–water partition coefficient (Wildman–Crippen LogP) is 10.7. The normalized spacial score (nSPS) is 21.4. The van der Waals surface area contributed by atoms with E-state index in [1.165, 1.54) is 12.8 Å². The lowest BCUT2D eigenvalue weighted by Gasteiger charge is -2.38. The van der Waals surface area contributed by atoms with Crippen molar-refractivity contribution in [3.63, 3.8) is 0 Å². The fourth-order valence-electron chi connectivity index (χ4n) is 9.16. The Bertz CT molecular complexity index is 2570. The van der Waals surface area contributed by atoms with Crippen LogP contribution in [-0.2, 0) is 28.8 Å². The lowest BCUT2D eigenvalue weighted by Crippen LogP contribution is -2.47. The molecule has 4 bridgehead atoms. The van der Waals surface area contributed by atoms with Gasteiger partial charge >= 0.3 is 0 Å². The number of aryl methyl sites for hydroxylation is 1. The maximum absolute atomic E-state index is 9.60. The molecule has 4 fully saturated rings. The van der Waals surface area contributed by atoms with Crippen LogP contribution in [0.25, 0.3) is 9.69 Å². The van der Waals surface area contributed by atoms with E-state index in [0.29, 0.717) is 76.7 Å². The van der Waals surface area contributed by atoms with Crippen LogP contribution >= 0.6 is 23.2 Å². The minimum atomic E-state index is -0.318. The summed E-state index contributed by atoms with van der Waals surface area (Å²) in [6.45, 7) is 26.3. The molecule has 3 aromatic heterocycles. The van der Waals surface area contributed by atoms with Gasteiger partial charge in [-0.1, -0.05) is 54.4 Å². The molecule has 14 nitrogen and oxygen atoms in total. The quantitative estimate of drug-likeness (QED) is 0.0993. The zero-order valence-corrected chi connectivity index (χ0v) is 40.5. The van der Waals surface area contributed by atoms with Crippen molar-refractivity contribution >= 4 is 47.0 Å². The van der Waals surface area contributed by atoms with Crippen molar-refractivity contribution < 1.29 is 19.0 Å². The molecule has 1 N–H and O–H groups in total. The van der Waals surface area contributed by atoms with Gasteiger partial charge in [-0.2, -0.15) is 0 Å². The van der Waals surface area contributed by atoms with Crippen molar-refractivity contribution in [2.45, 2.75) is 154 Å².